The maximum Gasteiger partial charge on any atom is 0.223 e. The molecule has 2 atom stereocenters. The third-order valence-electron chi connectivity index (χ3n) is 3.14. The van der Waals surface area contributed by atoms with Crippen molar-refractivity contribution in [3.63, 3.8) is 0 Å². The Morgan fingerprint density at radius 1 is 1.41 bits per heavy atom. The summed E-state index contributed by atoms with van der Waals surface area (Å²) in [4.78, 5) is 12.8. The summed E-state index contributed by atoms with van der Waals surface area (Å²) >= 11 is 1.79. The monoisotopic (exact) mass is 249 g/mol. The molecule has 1 aliphatic carbocycles. The molecule has 3 heteroatoms. The van der Waals surface area contributed by atoms with Crippen LogP contribution in [0.2, 0.25) is 0 Å². The molecular formula is C14H19NOS. The Bertz CT molecular complexity index is 388. The molecule has 0 spiro atoms. The van der Waals surface area contributed by atoms with Gasteiger partial charge in [-0.3, -0.25) is 4.79 Å². The van der Waals surface area contributed by atoms with Crippen LogP contribution in [0, 0.1) is 18.8 Å². The Balaban J connectivity index is 1.63. The first-order chi connectivity index (χ1) is 8.16. The molecule has 1 N–H and O–H groups in total. The molecule has 0 bridgehead atoms. The number of carbonyl (C=O) groups is 1. The summed E-state index contributed by atoms with van der Waals surface area (Å²) in [7, 11) is 0. The lowest BCUT2D eigenvalue weighted by molar-refractivity contribution is -0.122. The molecule has 2 nitrogen and oxygen atoms in total. The van der Waals surface area contributed by atoms with Gasteiger partial charge in [-0.05, 0) is 31.4 Å². The molecule has 1 aromatic carbocycles. The fourth-order valence-corrected chi connectivity index (χ4v) is 2.56. The van der Waals surface area contributed by atoms with Crippen LogP contribution < -0.4 is 5.32 Å². The van der Waals surface area contributed by atoms with Crippen LogP contribution in [0.3, 0.4) is 0 Å². The van der Waals surface area contributed by atoms with Crippen LogP contribution in [0.5, 0.6) is 0 Å². The second kappa shape index (κ2) is 5.58. The van der Waals surface area contributed by atoms with Gasteiger partial charge in [0.2, 0.25) is 5.91 Å². The second-order valence-corrected chi connectivity index (χ2v) is 5.94. The average Bonchev–Trinajstić information content (AvgIpc) is 3.04. The molecule has 1 aromatic rings. The quantitative estimate of drug-likeness (QED) is 0.642. The zero-order chi connectivity index (χ0) is 12.3. The maximum atomic E-state index is 11.6. The Hall–Kier alpha value is -0.960. The zero-order valence-electron chi connectivity index (χ0n) is 10.4. The van der Waals surface area contributed by atoms with Gasteiger partial charge in [-0.15, -0.1) is 11.8 Å². The highest BCUT2D eigenvalue weighted by Crippen LogP contribution is 2.37. The Morgan fingerprint density at radius 3 is 2.65 bits per heavy atom. The highest BCUT2D eigenvalue weighted by Gasteiger charge is 2.38. The molecule has 92 valence electrons. The van der Waals surface area contributed by atoms with Crippen LogP contribution in [0.4, 0.5) is 0 Å². The molecule has 0 aliphatic heterocycles. The van der Waals surface area contributed by atoms with Crippen molar-refractivity contribution in [2.75, 3.05) is 12.3 Å². The summed E-state index contributed by atoms with van der Waals surface area (Å²) in [5, 5.41) is 3.00. The lowest BCUT2D eigenvalue weighted by Crippen LogP contribution is -2.27. The third kappa shape index (κ3) is 3.77. The fraction of sp³-hybridized carbons (Fsp3) is 0.500. The highest BCUT2D eigenvalue weighted by atomic mass is 32.2. The van der Waals surface area contributed by atoms with Crippen molar-refractivity contribution in [3.8, 4) is 0 Å². The maximum absolute atomic E-state index is 11.6. The van der Waals surface area contributed by atoms with Crippen molar-refractivity contribution in [2.45, 2.75) is 25.2 Å². The van der Waals surface area contributed by atoms with E-state index < -0.39 is 0 Å². The molecular weight excluding hydrogens is 230 g/mol. The van der Waals surface area contributed by atoms with Gasteiger partial charge < -0.3 is 5.32 Å². The summed E-state index contributed by atoms with van der Waals surface area (Å²) in [6.45, 7) is 4.98. The van der Waals surface area contributed by atoms with E-state index in [0.717, 1.165) is 18.7 Å². The summed E-state index contributed by atoms with van der Waals surface area (Å²) in [6, 6.07) is 8.50. The van der Waals surface area contributed by atoms with E-state index in [-0.39, 0.29) is 5.91 Å². The minimum Gasteiger partial charge on any atom is -0.355 e. The van der Waals surface area contributed by atoms with Gasteiger partial charge in [0, 0.05) is 23.1 Å². The molecule has 2 unspecified atom stereocenters. The van der Waals surface area contributed by atoms with E-state index in [1.54, 1.807) is 11.8 Å². The summed E-state index contributed by atoms with van der Waals surface area (Å²) in [5.41, 5.74) is 1.28. The topological polar surface area (TPSA) is 29.1 Å². The van der Waals surface area contributed by atoms with Crippen molar-refractivity contribution < 1.29 is 4.79 Å². The molecule has 1 saturated carbocycles. The number of carbonyl (C=O) groups excluding carboxylic acids is 1. The van der Waals surface area contributed by atoms with Gasteiger partial charge >= 0.3 is 0 Å². The number of nitrogens with one attached hydrogen (secondary N) is 1. The van der Waals surface area contributed by atoms with E-state index in [0.29, 0.717) is 11.8 Å². The molecule has 0 saturated heterocycles. The normalized spacial score (nSPS) is 22.2. The summed E-state index contributed by atoms with van der Waals surface area (Å²) in [6.07, 6.45) is 1.07. The first-order valence-corrected chi connectivity index (χ1v) is 7.12. The fourth-order valence-electron chi connectivity index (χ4n) is 1.80. The molecule has 0 heterocycles. The average molecular weight is 249 g/mol. The van der Waals surface area contributed by atoms with Crippen molar-refractivity contribution >= 4 is 17.7 Å². The van der Waals surface area contributed by atoms with E-state index >= 15 is 0 Å². The summed E-state index contributed by atoms with van der Waals surface area (Å²) < 4.78 is 0. The van der Waals surface area contributed by atoms with Crippen molar-refractivity contribution in [3.05, 3.63) is 29.8 Å². The van der Waals surface area contributed by atoms with Crippen molar-refractivity contribution in [1.82, 2.24) is 5.32 Å². The van der Waals surface area contributed by atoms with E-state index in [1.165, 1.54) is 10.5 Å². The number of thioether (sulfide) groups is 1. The van der Waals surface area contributed by atoms with Crippen LogP contribution in [0.1, 0.15) is 18.9 Å². The smallest absolute Gasteiger partial charge is 0.223 e. The number of rotatable bonds is 5. The Kier molecular flexibility index (Phi) is 4.11. The third-order valence-corrected chi connectivity index (χ3v) is 4.15. The molecule has 0 aromatic heterocycles. The van der Waals surface area contributed by atoms with E-state index in [2.05, 4.69) is 43.4 Å². The van der Waals surface area contributed by atoms with Gasteiger partial charge in [0.05, 0.1) is 0 Å². The van der Waals surface area contributed by atoms with Crippen LogP contribution >= 0.6 is 11.8 Å². The highest BCUT2D eigenvalue weighted by molar-refractivity contribution is 7.99. The van der Waals surface area contributed by atoms with Crippen LogP contribution in [-0.2, 0) is 4.79 Å². The lowest BCUT2D eigenvalue weighted by atomic mass is 10.2. The van der Waals surface area contributed by atoms with Gasteiger partial charge in [-0.2, -0.15) is 0 Å². The molecule has 1 aliphatic rings. The van der Waals surface area contributed by atoms with Gasteiger partial charge in [0.15, 0.2) is 0 Å². The van der Waals surface area contributed by atoms with Crippen LogP contribution in [-0.4, -0.2) is 18.2 Å². The number of hydrogen-bond acceptors (Lipinski definition) is 2. The van der Waals surface area contributed by atoms with Gasteiger partial charge in [-0.1, -0.05) is 24.6 Å². The molecule has 1 amide bonds. The zero-order valence-corrected chi connectivity index (χ0v) is 11.2. The SMILES string of the molecule is Cc1ccc(SCCNC(=O)C2CC2C)cc1. The predicted molar refractivity (Wildman–Crippen MR) is 72.2 cm³/mol. The van der Waals surface area contributed by atoms with Gasteiger partial charge in [0.1, 0.15) is 0 Å². The van der Waals surface area contributed by atoms with Crippen LogP contribution in [0.15, 0.2) is 29.2 Å². The largest absolute Gasteiger partial charge is 0.355 e. The molecule has 1 fully saturated rings. The first-order valence-electron chi connectivity index (χ1n) is 6.14. The lowest BCUT2D eigenvalue weighted by Gasteiger charge is -2.04. The molecule has 2 rings (SSSR count). The Morgan fingerprint density at radius 2 is 2.06 bits per heavy atom. The standard InChI is InChI=1S/C14H19NOS/c1-10-3-5-12(6-4-10)17-8-7-15-14(16)13-9-11(13)2/h3-6,11,13H,7-9H2,1-2H3,(H,15,16). The minimum absolute atomic E-state index is 0.238. The molecule has 17 heavy (non-hydrogen) atoms. The Labute approximate surface area is 107 Å². The number of benzene rings is 1. The van der Waals surface area contributed by atoms with Crippen molar-refractivity contribution in [2.24, 2.45) is 11.8 Å². The second-order valence-electron chi connectivity index (χ2n) is 4.77. The van der Waals surface area contributed by atoms with Gasteiger partial charge in [-0.25, -0.2) is 0 Å². The van der Waals surface area contributed by atoms with E-state index in [4.69, 9.17) is 0 Å². The number of aryl methyl sites for hydroxylation is 1. The van der Waals surface area contributed by atoms with E-state index in [9.17, 15) is 4.79 Å². The molecule has 0 radical (unpaired) electrons. The van der Waals surface area contributed by atoms with Crippen molar-refractivity contribution in [1.29, 1.82) is 0 Å². The summed E-state index contributed by atoms with van der Waals surface area (Å²) in [5.74, 6) is 2.07. The van der Waals surface area contributed by atoms with Crippen LogP contribution in [0.25, 0.3) is 0 Å². The number of hydrogen-bond donors (Lipinski definition) is 1. The first kappa shape index (κ1) is 12.5. The predicted octanol–water partition coefficient (Wildman–Crippen LogP) is 2.86. The van der Waals surface area contributed by atoms with Gasteiger partial charge in [0.25, 0.3) is 0 Å². The minimum atomic E-state index is 0.238. The number of amides is 1. The van der Waals surface area contributed by atoms with E-state index in [1.807, 2.05) is 0 Å².